The van der Waals surface area contributed by atoms with Crippen LogP contribution in [0.4, 0.5) is 0 Å². The molecular weight excluding hydrogens is 222 g/mol. The van der Waals surface area contributed by atoms with Crippen molar-refractivity contribution in [3.63, 3.8) is 0 Å². The van der Waals surface area contributed by atoms with Crippen molar-refractivity contribution in [2.75, 3.05) is 13.7 Å². The van der Waals surface area contributed by atoms with Crippen LogP contribution in [-0.4, -0.2) is 30.6 Å². The van der Waals surface area contributed by atoms with Crippen molar-refractivity contribution in [3.8, 4) is 5.75 Å². The molecule has 0 fully saturated rings. The number of amides is 1. The van der Waals surface area contributed by atoms with Gasteiger partial charge < -0.3 is 15.2 Å². The first kappa shape index (κ1) is 13.0. The van der Waals surface area contributed by atoms with Gasteiger partial charge in [0, 0.05) is 13.5 Å². The summed E-state index contributed by atoms with van der Waals surface area (Å²) in [7, 11) is 1.54. The second-order valence-corrected chi connectivity index (χ2v) is 3.50. The van der Waals surface area contributed by atoms with Crippen LogP contribution in [0, 0.1) is 0 Å². The number of carboxylic acid groups (broad SMARTS) is 1. The summed E-state index contributed by atoms with van der Waals surface area (Å²) in [5, 5.41) is 11.0. The molecule has 0 unspecified atom stereocenters. The monoisotopic (exact) mass is 237 g/mol. The van der Waals surface area contributed by atoms with E-state index >= 15 is 0 Å². The number of ether oxygens (including phenoxy) is 1. The van der Waals surface area contributed by atoms with Crippen molar-refractivity contribution in [1.29, 1.82) is 0 Å². The maximum Gasteiger partial charge on any atom is 0.303 e. The van der Waals surface area contributed by atoms with Gasteiger partial charge in [-0.2, -0.15) is 0 Å². The zero-order valence-corrected chi connectivity index (χ0v) is 9.60. The van der Waals surface area contributed by atoms with Crippen LogP contribution < -0.4 is 10.1 Å². The molecule has 1 rings (SSSR count). The maximum absolute atomic E-state index is 10.9. The van der Waals surface area contributed by atoms with Crippen LogP contribution in [0.2, 0.25) is 0 Å². The number of aliphatic carboxylic acids is 1. The van der Waals surface area contributed by atoms with Crippen molar-refractivity contribution in [2.45, 2.75) is 12.8 Å². The Kier molecular flexibility index (Phi) is 5.00. The van der Waals surface area contributed by atoms with E-state index in [1.165, 1.54) is 0 Å². The summed E-state index contributed by atoms with van der Waals surface area (Å²) in [4.78, 5) is 21.3. The highest BCUT2D eigenvalue weighted by atomic mass is 16.5. The molecule has 0 saturated carbocycles. The van der Waals surface area contributed by atoms with Crippen LogP contribution in [-0.2, 0) is 16.0 Å². The summed E-state index contributed by atoms with van der Waals surface area (Å²) in [6.07, 6.45) is 0.601. The smallest absolute Gasteiger partial charge is 0.303 e. The van der Waals surface area contributed by atoms with Crippen LogP contribution in [0.25, 0.3) is 0 Å². The van der Waals surface area contributed by atoms with Crippen molar-refractivity contribution in [3.05, 3.63) is 29.8 Å². The quantitative estimate of drug-likeness (QED) is 0.768. The Hall–Kier alpha value is -2.04. The van der Waals surface area contributed by atoms with Gasteiger partial charge in [0.25, 0.3) is 5.91 Å². The van der Waals surface area contributed by atoms with Gasteiger partial charge in [0.05, 0.1) is 0 Å². The van der Waals surface area contributed by atoms with Gasteiger partial charge in [-0.25, -0.2) is 0 Å². The van der Waals surface area contributed by atoms with Crippen LogP contribution >= 0.6 is 0 Å². The summed E-state index contributed by atoms with van der Waals surface area (Å²) < 4.78 is 5.21. The number of carbonyl (C=O) groups excluding carboxylic acids is 1. The largest absolute Gasteiger partial charge is 0.484 e. The molecule has 5 heteroatoms. The van der Waals surface area contributed by atoms with Crippen LogP contribution in [0.15, 0.2) is 24.3 Å². The third kappa shape index (κ3) is 5.01. The molecule has 0 saturated heterocycles. The van der Waals surface area contributed by atoms with E-state index in [0.717, 1.165) is 5.56 Å². The minimum atomic E-state index is -0.815. The fraction of sp³-hybridized carbons (Fsp3) is 0.333. The number of benzene rings is 1. The van der Waals surface area contributed by atoms with Crippen molar-refractivity contribution >= 4 is 11.9 Å². The number of rotatable bonds is 6. The summed E-state index contributed by atoms with van der Waals surface area (Å²) in [5.74, 6) is -0.419. The molecule has 1 aromatic rings. The van der Waals surface area contributed by atoms with E-state index in [9.17, 15) is 9.59 Å². The first-order valence-corrected chi connectivity index (χ1v) is 5.26. The molecule has 0 heterocycles. The highest BCUT2D eigenvalue weighted by Crippen LogP contribution is 2.13. The van der Waals surface area contributed by atoms with E-state index in [1.54, 1.807) is 31.3 Å². The van der Waals surface area contributed by atoms with Gasteiger partial charge >= 0.3 is 5.97 Å². The number of carbonyl (C=O) groups is 2. The molecule has 0 aliphatic carbocycles. The summed E-state index contributed by atoms with van der Waals surface area (Å²) in [6, 6.07) is 7.03. The van der Waals surface area contributed by atoms with Crippen molar-refractivity contribution in [1.82, 2.24) is 5.32 Å². The minimum absolute atomic E-state index is 0.0228. The maximum atomic E-state index is 10.9. The van der Waals surface area contributed by atoms with E-state index in [1.807, 2.05) is 0 Å². The third-order valence-corrected chi connectivity index (χ3v) is 2.20. The first-order chi connectivity index (χ1) is 8.11. The van der Waals surface area contributed by atoms with E-state index < -0.39 is 5.97 Å². The molecule has 0 spiro atoms. The van der Waals surface area contributed by atoms with E-state index in [4.69, 9.17) is 9.84 Å². The molecule has 0 aromatic heterocycles. The van der Waals surface area contributed by atoms with Gasteiger partial charge in [0.2, 0.25) is 0 Å². The molecule has 0 aliphatic rings. The predicted molar refractivity (Wildman–Crippen MR) is 62.0 cm³/mol. The summed E-state index contributed by atoms with van der Waals surface area (Å²) in [6.45, 7) is -0.0228. The van der Waals surface area contributed by atoms with E-state index in [2.05, 4.69) is 5.32 Å². The second-order valence-electron chi connectivity index (χ2n) is 3.50. The molecule has 0 aliphatic heterocycles. The highest BCUT2D eigenvalue weighted by Gasteiger charge is 2.01. The molecule has 2 N–H and O–H groups in total. The van der Waals surface area contributed by atoms with Gasteiger partial charge in [0.15, 0.2) is 6.61 Å². The van der Waals surface area contributed by atoms with Gasteiger partial charge in [-0.3, -0.25) is 9.59 Å². The van der Waals surface area contributed by atoms with Gasteiger partial charge in [0.1, 0.15) is 5.75 Å². The molecule has 1 aromatic carbocycles. The fourth-order valence-corrected chi connectivity index (χ4v) is 1.22. The van der Waals surface area contributed by atoms with Crippen LogP contribution in [0.5, 0.6) is 5.75 Å². The summed E-state index contributed by atoms with van der Waals surface area (Å²) in [5.41, 5.74) is 0.930. The van der Waals surface area contributed by atoms with Crippen molar-refractivity contribution in [2.24, 2.45) is 0 Å². The average Bonchev–Trinajstić information content (AvgIpc) is 2.34. The van der Waals surface area contributed by atoms with Crippen molar-refractivity contribution < 1.29 is 19.4 Å². The van der Waals surface area contributed by atoms with E-state index in [0.29, 0.717) is 12.2 Å². The Balaban J connectivity index is 2.44. The lowest BCUT2D eigenvalue weighted by atomic mass is 10.1. The number of nitrogens with one attached hydrogen (secondary N) is 1. The summed E-state index contributed by atoms with van der Waals surface area (Å²) >= 11 is 0. The minimum Gasteiger partial charge on any atom is -0.484 e. The number of carboxylic acids is 1. The molecule has 17 heavy (non-hydrogen) atoms. The Morgan fingerprint density at radius 1 is 1.29 bits per heavy atom. The number of hydrogen-bond acceptors (Lipinski definition) is 3. The SMILES string of the molecule is CNC(=O)COc1ccc(CCC(=O)O)cc1. The Labute approximate surface area is 99.4 Å². The zero-order valence-electron chi connectivity index (χ0n) is 9.60. The predicted octanol–water partition coefficient (Wildman–Crippen LogP) is 0.829. The fourth-order valence-electron chi connectivity index (χ4n) is 1.22. The average molecular weight is 237 g/mol. The Bertz CT molecular complexity index is 386. The topological polar surface area (TPSA) is 75.6 Å². The van der Waals surface area contributed by atoms with Crippen LogP contribution in [0.1, 0.15) is 12.0 Å². The normalized spacial score (nSPS) is 9.71. The lowest BCUT2D eigenvalue weighted by Gasteiger charge is -2.05. The molecule has 0 bridgehead atoms. The zero-order chi connectivity index (χ0) is 12.7. The third-order valence-electron chi connectivity index (χ3n) is 2.20. The lowest BCUT2D eigenvalue weighted by Crippen LogP contribution is -2.24. The van der Waals surface area contributed by atoms with Gasteiger partial charge in [-0.05, 0) is 24.1 Å². The lowest BCUT2D eigenvalue weighted by molar-refractivity contribution is -0.137. The molecule has 5 nitrogen and oxygen atoms in total. The molecule has 1 amide bonds. The second kappa shape index (κ2) is 6.52. The number of hydrogen-bond donors (Lipinski definition) is 2. The van der Waals surface area contributed by atoms with Crippen LogP contribution in [0.3, 0.4) is 0 Å². The highest BCUT2D eigenvalue weighted by molar-refractivity contribution is 5.77. The molecule has 0 atom stereocenters. The molecule has 0 radical (unpaired) electrons. The number of likely N-dealkylation sites (N-methyl/N-ethyl adjacent to an activating group) is 1. The van der Waals surface area contributed by atoms with E-state index in [-0.39, 0.29) is 18.9 Å². The first-order valence-electron chi connectivity index (χ1n) is 5.26. The van der Waals surface area contributed by atoms with Gasteiger partial charge in [-0.1, -0.05) is 12.1 Å². The number of aryl methyl sites for hydroxylation is 1. The molecular formula is C12H15NO4. The standard InChI is InChI=1S/C12H15NO4/c1-13-11(14)8-17-10-5-2-9(3-6-10)4-7-12(15)16/h2-3,5-6H,4,7-8H2,1H3,(H,13,14)(H,15,16). The van der Waals surface area contributed by atoms with Gasteiger partial charge in [-0.15, -0.1) is 0 Å². The molecule has 92 valence electrons. The Morgan fingerprint density at radius 2 is 1.94 bits per heavy atom. The Morgan fingerprint density at radius 3 is 2.47 bits per heavy atom.